The van der Waals surface area contributed by atoms with Crippen molar-refractivity contribution < 1.29 is 19.4 Å². The molecule has 1 amide bonds. The van der Waals surface area contributed by atoms with E-state index in [0.29, 0.717) is 24.5 Å². The van der Waals surface area contributed by atoms with E-state index in [0.717, 1.165) is 12.2 Å². The van der Waals surface area contributed by atoms with Crippen LogP contribution in [0.3, 0.4) is 0 Å². The minimum atomic E-state index is -0.827. The molecule has 1 saturated heterocycles. The Morgan fingerprint density at radius 2 is 1.91 bits per heavy atom. The van der Waals surface area contributed by atoms with Crippen LogP contribution in [0.4, 0.5) is 0 Å². The molecule has 0 bridgehead atoms. The van der Waals surface area contributed by atoms with Crippen LogP contribution in [0.1, 0.15) is 44.0 Å². The maximum Gasteiger partial charge on any atom is 0.308 e. The first-order valence-electron chi connectivity index (χ1n) is 8.15. The molecule has 1 aromatic rings. The number of likely N-dealkylation sites (tertiary alicyclic amines) is 1. The second kappa shape index (κ2) is 7.49. The minimum absolute atomic E-state index is 0.0648. The predicted molar refractivity (Wildman–Crippen MR) is 87.6 cm³/mol. The lowest BCUT2D eigenvalue weighted by Crippen LogP contribution is -2.47. The van der Waals surface area contributed by atoms with E-state index in [2.05, 4.69) is 13.8 Å². The Labute approximate surface area is 137 Å². The van der Waals surface area contributed by atoms with Crippen LogP contribution in [0.2, 0.25) is 0 Å². The van der Waals surface area contributed by atoms with Crippen molar-refractivity contribution >= 4 is 11.9 Å². The molecule has 2 rings (SSSR count). The number of hydrogen-bond donors (Lipinski definition) is 1. The van der Waals surface area contributed by atoms with Gasteiger partial charge in [-0.15, -0.1) is 0 Å². The van der Waals surface area contributed by atoms with Crippen LogP contribution < -0.4 is 4.74 Å². The number of benzene rings is 1. The Morgan fingerprint density at radius 1 is 1.26 bits per heavy atom. The maximum absolute atomic E-state index is 12.6. The summed E-state index contributed by atoms with van der Waals surface area (Å²) in [7, 11) is 0. The van der Waals surface area contributed by atoms with Gasteiger partial charge in [0.25, 0.3) is 5.91 Å². The highest BCUT2D eigenvalue weighted by Crippen LogP contribution is 2.24. The summed E-state index contributed by atoms with van der Waals surface area (Å²) in [5.41, 5.74) is 0.569. The molecule has 126 valence electrons. The van der Waals surface area contributed by atoms with Crippen molar-refractivity contribution in [2.75, 3.05) is 13.2 Å². The van der Waals surface area contributed by atoms with Gasteiger partial charge in [0.2, 0.25) is 0 Å². The van der Waals surface area contributed by atoms with Gasteiger partial charge in [-0.25, -0.2) is 0 Å². The Hall–Kier alpha value is -2.04. The molecule has 1 fully saturated rings. The Bertz CT molecular complexity index is 553. The van der Waals surface area contributed by atoms with Gasteiger partial charge in [0.1, 0.15) is 5.75 Å². The number of ether oxygens (including phenoxy) is 1. The average molecular weight is 319 g/mol. The molecule has 0 aromatic heterocycles. The lowest BCUT2D eigenvalue weighted by atomic mass is 9.93. The Kier molecular flexibility index (Phi) is 5.64. The molecule has 23 heavy (non-hydrogen) atoms. The standard InChI is InChI=1S/C18H25NO4/c1-12(2)11-23-16-8-6-14(7-9-16)17(20)19-10-15(18(21)22)5-4-13(19)3/h6-9,12-13,15H,4-5,10-11H2,1-3H3,(H,21,22). The molecular weight excluding hydrogens is 294 g/mol. The van der Waals surface area contributed by atoms with Crippen molar-refractivity contribution in [3.05, 3.63) is 29.8 Å². The zero-order valence-electron chi connectivity index (χ0n) is 14.0. The van der Waals surface area contributed by atoms with Crippen molar-refractivity contribution in [3.8, 4) is 5.75 Å². The van der Waals surface area contributed by atoms with Crippen molar-refractivity contribution in [1.82, 2.24) is 4.90 Å². The topological polar surface area (TPSA) is 66.8 Å². The molecule has 1 aromatic carbocycles. The van der Waals surface area contributed by atoms with Gasteiger partial charge in [-0.05, 0) is 49.9 Å². The molecule has 1 N–H and O–H groups in total. The number of piperidine rings is 1. The summed E-state index contributed by atoms with van der Waals surface area (Å²) in [4.78, 5) is 25.5. The van der Waals surface area contributed by atoms with E-state index in [1.54, 1.807) is 29.2 Å². The summed E-state index contributed by atoms with van der Waals surface area (Å²) in [6, 6.07) is 7.14. The lowest BCUT2D eigenvalue weighted by Gasteiger charge is -2.36. The highest BCUT2D eigenvalue weighted by atomic mass is 16.5. The predicted octanol–water partition coefficient (Wildman–Crippen LogP) is 3.05. The summed E-state index contributed by atoms with van der Waals surface area (Å²) in [6.07, 6.45) is 1.35. The third kappa shape index (κ3) is 4.47. The first kappa shape index (κ1) is 17.3. The third-order valence-corrected chi connectivity index (χ3v) is 4.18. The summed E-state index contributed by atoms with van der Waals surface area (Å²) in [5, 5.41) is 9.18. The number of carbonyl (C=O) groups excluding carboxylic acids is 1. The van der Waals surface area contributed by atoms with Crippen molar-refractivity contribution in [1.29, 1.82) is 0 Å². The van der Waals surface area contributed by atoms with Crippen molar-refractivity contribution in [2.24, 2.45) is 11.8 Å². The van der Waals surface area contributed by atoms with E-state index in [4.69, 9.17) is 4.74 Å². The van der Waals surface area contributed by atoms with Crippen LogP contribution in [-0.4, -0.2) is 41.1 Å². The Morgan fingerprint density at radius 3 is 2.48 bits per heavy atom. The number of carbonyl (C=O) groups is 2. The smallest absolute Gasteiger partial charge is 0.308 e. The van der Waals surface area contributed by atoms with E-state index >= 15 is 0 Å². The van der Waals surface area contributed by atoms with E-state index in [1.807, 2.05) is 6.92 Å². The third-order valence-electron chi connectivity index (χ3n) is 4.18. The van der Waals surface area contributed by atoms with Crippen LogP contribution in [0.15, 0.2) is 24.3 Å². The highest BCUT2D eigenvalue weighted by Gasteiger charge is 2.32. The van der Waals surface area contributed by atoms with Gasteiger partial charge in [-0.3, -0.25) is 9.59 Å². The zero-order chi connectivity index (χ0) is 17.0. The summed E-state index contributed by atoms with van der Waals surface area (Å²) in [6.45, 7) is 7.04. The first-order chi connectivity index (χ1) is 10.9. The van der Waals surface area contributed by atoms with Gasteiger partial charge in [-0.2, -0.15) is 0 Å². The van der Waals surface area contributed by atoms with Crippen LogP contribution >= 0.6 is 0 Å². The van der Waals surface area contributed by atoms with Crippen LogP contribution in [0, 0.1) is 11.8 Å². The van der Waals surface area contributed by atoms with Crippen LogP contribution in [0.25, 0.3) is 0 Å². The van der Waals surface area contributed by atoms with Gasteiger partial charge in [-0.1, -0.05) is 13.8 Å². The Balaban J connectivity index is 2.05. The fraction of sp³-hybridized carbons (Fsp3) is 0.556. The van der Waals surface area contributed by atoms with Gasteiger partial charge in [0.15, 0.2) is 0 Å². The van der Waals surface area contributed by atoms with Gasteiger partial charge in [0, 0.05) is 18.2 Å². The van der Waals surface area contributed by atoms with Gasteiger partial charge >= 0.3 is 5.97 Å². The summed E-state index contributed by atoms with van der Waals surface area (Å²) in [5.74, 6) is -0.224. The number of aliphatic carboxylic acids is 1. The van der Waals surface area contributed by atoms with Gasteiger partial charge < -0.3 is 14.7 Å². The molecule has 0 spiro atoms. The fourth-order valence-electron chi connectivity index (χ4n) is 2.71. The molecule has 1 aliphatic heterocycles. The maximum atomic E-state index is 12.6. The highest BCUT2D eigenvalue weighted by molar-refractivity contribution is 5.95. The zero-order valence-corrected chi connectivity index (χ0v) is 14.0. The minimum Gasteiger partial charge on any atom is -0.493 e. The molecule has 1 heterocycles. The molecule has 0 radical (unpaired) electrons. The van der Waals surface area contributed by atoms with E-state index in [1.165, 1.54) is 0 Å². The normalized spacial score (nSPS) is 21.3. The van der Waals surface area contributed by atoms with Crippen LogP contribution in [-0.2, 0) is 4.79 Å². The molecule has 2 atom stereocenters. The van der Waals surface area contributed by atoms with E-state index in [-0.39, 0.29) is 18.5 Å². The quantitative estimate of drug-likeness (QED) is 0.906. The van der Waals surface area contributed by atoms with Crippen LogP contribution in [0.5, 0.6) is 5.75 Å². The van der Waals surface area contributed by atoms with E-state index in [9.17, 15) is 14.7 Å². The number of nitrogens with zero attached hydrogens (tertiary/aromatic N) is 1. The van der Waals surface area contributed by atoms with Crippen molar-refractivity contribution in [3.63, 3.8) is 0 Å². The SMILES string of the molecule is CC(C)COc1ccc(C(=O)N2CC(C(=O)O)CCC2C)cc1. The molecule has 5 nitrogen and oxygen atoms in total. The number of carboxylic acids is 1. The average Bonchev–Trinajstić information content (AvgIpc) is 2.53. The molecule has 2 unspecified atom stereocenters. The summed E-state index contributed by atoms with van der Waals surface area (Å²) < 4.78 is 5.61. The number of hydrogen-bond acceptors (Lipinski definition) is 3. The monoisotopic (exact) mass is 319 g/mol. The number of rotatable bonds is 5. The molecule has 1 aliphatic rings. The molecule has 0 aliphatic carbocycles. The van der Waals surface area contributed by atoms with Gasteiger partial charge in [0.05, 0.1) is 12.5 Å². The second-order valence-electron chi connectivity index (χ2n) is 6.65. The largest absolute Gasteiger partial charge is 0.493 e. The molecule has 5 heteroatoms. The number of amides is 1. The van der Waals surface area contributed by atoms with E-state index < -0.39 is 11.9 Å². The molecular formula is C18H25NO4. The second-order valence-corrected chi connectivity index (χ2v) is 6.65. The lowest BCUT2D eigenvalue weighted by molar-refractivity contribution is -0.143. The molecule has 0 saturated carbocycles. The van der Waals surface area contributed by atoms with Crippen molar-refractivity contribution in [2.45, 2.75) is 39.7 Å². The first-order valence-corrected chi connectivity index (χ1v) is 8.15. The fourth-order valence-corrected chi connectivity index (χ4v) is 2.71. The summed E-state index contributed by atoms with van der Waals surface area (Å²) >= 11 is 0. The number of carboxylic acid groups (broad SMARTS) is 1.